The van der Waals surface area contributed by atoms with Crippen LogP contribution in [0.15, 0.2) is 67.0 Å². The van der Waals surface area contributed by atoms with Gasteiger partial charge in [0.05, 0.1) is 17.9 Å². The molecular formula is C27H26N4O4S. The van der Waals surface area contributed by atoms with Gasteiger partial charge in [0.15, 0.2) is 11.1 Å². The van der Waals surface area contributed by atoms with Crippen LogP contribution in [0.1, 0.15) is 22.3 Å². The summed E-state index contributed by atoms with van der Waals surface area (Å²) < 4.78 is 12.4. The van der Waals surface area contributed by atoms with E-state index in [9.17, 15) is 9.59 Å². The van der Waals surface area contributed by atoms with E-state index in [1.807, 2.05) is 54.6 Å². The van der Waals surface area contributed by atoms with Gasteiger partial charge in [0.1, 0.15) is 11.3 Å². The van der Waals surface area contributed by atoms with Crippen molar-refractivity contribution >= 4 is 33.4 Å². The summed E-state index contributed by atoms with van der Waals surface area (Å²) in [6, 6.07) is 17.4. The third-order valence-corrected chi connectivity index (χ3v) is 6.94. The van der Waals surface area contributed by atoms with Crippen molar-refractivity contribution in [3.05, 3.63) is 77.6 Å². The highest BCUT2D eigenvalue weighted by molar-refractivity contribution is 7.20. The number of amides is 2. The van der Waals surface area contributed by atoms with Crippen LogP contribution in [-0.2, 0) is 16.1 Å². The van der Waals surface area contributed by atoms with Crippen LogP contribution < -0.4 is 10.1 Å². The molecule has 1 unspecified atom stereocenters. The Morgan fingerprint density at radius 1 is 1.08 bits per heavy atom. The molecule has 2 amide bonds. The number of aromatic nitrogens is 2. The smallest absolute Gasteiger partial charge is 0.280 e. The molecule has 0 radical (unpaired) electrons. The molecule has 3 heterocycles. The summed E-state index contributed by atoms with van der Waals surface area (Å²) in [5.41, 5.74) is 3.41. The van der Waals surface area contributed by atoms with E-state index in [-0.39, 0.29) is 11.8 Å². The number of morpholine rings is 1. The quantitative estimate of drug-likeness (QED) is 0.412. The highest BCUT2D eigenvalue weighted by Crippen LogP contribution is 2.36. The molecule has 1 atom stereocenters. The van der Waals surface area contributed by atoms with Crippen LogP contribution in [0, 0.1) is 0 Å². The van der Waals surface area contributed by atoms with Crippen molar-refractivity contribution in [3.63, 3.8) is 0 Å². The summed E-state index contributed by atoms with van der Waals surface area (Å²) in [7, 11) is 0. The number of nitrogens with zero attached hydrogens (tertiary/aromatic N) is 3. The zero-order valence-electron chi connectivity index (χ0n) is 19.8. The van der Waals surface area contributed by atoms with Gasteiger partial charge in [-0.25, -0.2) is 4.98 Å². The van der Waals surface area contributed by atoms with Gasteiger partial charge in [-0.3, -0.25) is 14.6 Å². The third kappa shape index (κ3) is 5.37. The number of nitrogens with one attached hydrogen (secondary N) is 1. The van der Waals surface area contributed by atoms with E-state index in [0.29, 0.717) is 49.1 Å². The van der Waals surface area contributed by atoms with Crippen LogP contribution in [0.5, 0.6) is 5.75 Å². The van der Waals surface area contributed by atoms with Crippen molar-refractivity contribution in [2.24, 2.45) is 0 Å². The molecule has 8 nitrogen and oxygen atoms in total. The van der Waals surface area contributed by atoms with Crippen molar-refractivity contribution in [2.75, 3.05) is 26.3 Å². The van der Waals surface area contributed by atoms with Crippen LogP contribution in [0.2, 0.25) is 0 Å². The SMILES string of the molecule is CC(Oc1cc(-c2ccncc2)cc2sc(C(=O)NCc3ccccc3)nc12)C(=O)N1CCOCC1. The molecule has 1 aliphatic heterocycles. The molecule has 2 aromatic heterocycles. The number of thiazole rings is 1. The number of rotatable bonds is 7. The number of fused-ring (bicyclic) bond motifs is 1. The first kappa shape index (κ1) is 23.9. The second-order valence-electron chi connectivity index (χ2n) is 8.44. The second-order valence-corrected chi connectivity index (χ2v) is 9.47. The first-order chi connectivity index (χ1) is 17.6. The number of carbonyl (C=O) groups is 2. The van der Waals surface area contributed by atoms with Gasteiger partial charge in [0, 0.05) is 32.0 Å². The van der Waals surface area contributed by atoms with Gasteiger partial charge in [-0.2, -0.15) is 0 Å². The molecule has 2 aromatic carbocycles. The Morgan fingerprint density at radius 2 is 1.83 bits per heavy atom. The minimum Gasteiger partial charge on any atom is -0.479 e. The van der Waals surface area contributed by atoms with Gasteiger partial charge in [-0.1, -0.05) is 30.3 Å². The summed E-state index contributed by atoms with van der Waals surface area (Å²) in [5.74, 6) is 0.109. The van der Waals surface area contributed by atoms with Gasteiger partial charge in [0.25, 0.3) is 11.8 Å². The number of hydrogen-bond acceptors (Lipinski definition) is 7. The molecule has 0 spiro atoms. The predicted octanol–water partition coefficient (Wildman–Crippen LogP) is 3.91. The van der Waals surface area contributed by atoms with Crippen LogP contribution in [-0.4, -0.2) is 59.1 Å². The lowest BCUT2D eigenvalue weighted by Gasteiger charge is -2.29. The maximum Gasteiger partial charge on any atom is 0.280 e. The van der Waals surface area contributed by atoms with Crippen LogP contribution in [0.4, 0.5) is 0 Å². The van der Waals surface area contributed by atoms with Crippen molar-refractivity contribution in [1.82, 2.24) is 20.2 Å². The van der Waals surface area contributed by atoms with Crippen molar-refractivity contribution < 1.29 is 19.1 Å². The number of ether oxygens (including phenoxy) is 2. The van der Waals surface area contributed by atoms with Crippen LogP contribution in [0.3, 0.4) is 0 Å². The maximum atomic E-state index is 13.0. The Balaban J connectivity index is 1.44. The average Bonchev–Trinajstić information content (AvgIpc) is 3.38. The van der Waals surface area contributed by atoms with Crippen LogP contribution in [0.25, 0.3) is 21.3 Å². The van der Waals surface area contributed by atoms with Gasteiger partial charge in [-0.15, -0.1) is 11.3 Å². The molecule has 0 saturated carbocycles. The first-order valence-corrected chi connectivity index (χ1v) is 12.6. The highest BCUT2D eigenvalue weighted by Gasteiger charge is 2.25. The molecule has 36 heavy (non-hydrogen) atoms. The number of carbonyl (C=O) groups excluding carboxylic acids is 2. The van der Waals surface area contributed by atoms with Gasteiger partial charge < -0.3 is 19.7 Å². The molecule has 5 rings (SSSR count). The summed E-state index contributed by atoms with van der Waals surface area (Å²) >= 11 is 1.30. The van der Waals surface area contributed by atoms with E-state index in [1.54, 1.807) is 24.2 Å². The molecular weight excluding hydrogens is 476 g/mol. The van der Waals surface area contributed by atoms with E-state index in [4.69, 9.17) is 9.47 Å². The summed E-state index contributed by atoms with van der Waals surface area (Å²) in [5, 5.41) is 3.27. The Bertz CT molecular complexity index is 1350. The Kier molecular flexibility index (Phi) is 7.20. The van der Waals surface area contributed by atoms with E-state index in [2.05, 4.69) is 15.3 Å². The normalized spacial score (nSPS) is 14.4. The van der Waals surface area contributed by atoms with Crippen molar-refractivity contribution in [1.29, 1.82) is 0 Å². The lowest BCUT2D eigenvalue weighted by atomic mass is 10.1. The Hall–Kier alpha value is -3.82. The van der Waals surface area contributed by atoms with Gasteiger partial charge in [0.2, 0.25) is 0 Å². The standard InChI is InChI=1S/C27H26N4O4S/c1-18(27(33)31-11-13-34-14-12-31)35-22-15-21(20-7-9-28-10-8-20)16-23-24(22)30-26(36-23)25(32)29-17-19-5-3-2-4-6-19/h2-10,15-16,18H,11-14,17H2,1H3,(H,29,32). The summed E-state index contributed by atoms with van der Waals surface area (Å²) in [6.45, 7) is 4.28. The van der Waals surface area contributed by atoms with Crippen molar-refractivity contribution in [2.45, 2.75) is 19.6 Å². The predicted molar refractivity (Wildman–Crippen MR) is 138 cm³/mol. The third-order valence-electron chi connectivity index (χ3n) is 5.94. The van der Waals surface area contributed by atoms with E-state index < -0.39 is 6.10 Å². The fourth-order valence-corrected chi connectivity index (χ4v) is 4.97. The van der Waals surface area contributed by atoms with Gasteiger partial charge >= 0.3 is 0 Å². The minimum absolute atomic E-state index is 0.100. The number of pyridine rings is 1. The zero-order valence-corrected chi connectivity index (χ0v) is 20.7. The highest BCUT2D eigenvalue weighted by atomic mass is 32.1. The monoisotopic (exact) mass is 502 g/mol. The topological polar surface area (TPSA) is 93.7 Å². The molecule has 9 heteroatoms. The average molecular weight is 503 g/mol. The largest absolute Gasteiger partial charge is 0.479 e. The summed E-state index contributed by atoms with van der Waals surface area (Å²) in [4.78, 5) is 36.3. The fraction of sp³-hybridized carbons (Fsp3) is 0.259. The maximum absolute atomic E-state index is 13.0. The molecule has 1 aliphatic rings. The minimum atomic E-state index is -0.712. The van der Waals surface area contributed by atoms with Crippen molar-refractivity contribution in [3.8, 4) is 16.9 Å². The number of benzene rings is 2. The van der Waals surface area contributed by atoms with Crippen LogP contribution >= 0.6 is 11.3 Å². The molecule has 0 bridgehead atoms. The first-order valence-electron chi connectivity index (χ1n) is 11.8. The molecule has 4 aromatic rings. The Morgan fingerprint density at radius 3 is 2.58 bits per heavy atom. The van der Waals surface area contributed by atoms with Gasteiger partial charge in [-0.05, 0) is 47.9 Å². The fourth-order valence-electron chi connectivity index (χ4n) is 4.03. The Labute approximate surface area is 212 Å². The summed E-state index contributed by atoms with van der Waals surface area (Å²) in [6.07, 6.45) is 2.73. The molecule has 1 fully saturated rings. The van der Waals surface area contributed by atoms with E-state index in [1.165, 1.54) is 11.3 Å². The lowest BCUT2D eigenvalue weighted by molar-refractivity contribution is -0.142. The van der Waals surface area contributed by atoms with E-state index in [0.717, 1.165) is 21.4 Å². The molecule has 0 aliphatic carbocycles. The van der Waals surface area contributed by atoms with E-state index >= 15 is 0 Å². The lowest BCUT2D eigenvalue weighted by Crippen LogP contribution is -2.46. The zero-order chi connectivity index (χ0) is 24.9. The number of hydrogen-bond donors (Lipinski definition) is 1. The second kappa shape index (κ2) is 10.8. The molecule has 1 N–H and O–H groups in total. The molecule has 1 saturated heterocycles. The molecule has 184 valence electrons.